The van der Waals surface area contributed by atoms with Crippen molar-refractivity contribution in [1.82, 2.24) is 5.32 Å². The Balaban J connectivity index is 1.94. The van der Waals surface area contributed by atoms with Crippen LogP contribution in [-0.4, -0.2) is 18.0 Å². The number of hydrogen-bond acceptors (Lipinski definition) is 2. The summed E-state index contributed by atoms with van der Waals surface area (Å²) in [6.45, 7) is 1.74. The highest BCUT2D eigenvalue weighted by molar-refractivity contribution is 5.94. The predicted molar refractivity (Wildman–Crippen MR) is 60.6 cm³/mol. The van der Waals surface area contributed by atoms with Gasteiger partial charge in [-0.15, -0.1) is 0 Å². The van der Waals surface area contributed by atoms with Gasteiger partial charge in [0.1, 0.15) is 0 Å². The third kappa shape index (κ3) is 3.23. The smallest absolute Gasteiger partial charge is 0.241 e. The molecular formula is C12H14F2N2O. The van der Waals surface area contributed by atoms with Crippen LogP contribution >= 0.6 is 0 Å². The van der Waals surface area contributed by atoms with E-state index in [-0.39, 0.29) is 17.6 Å². The zero-order valence-corrected chi connectivity index (χ0v) is 9.47. The number of halogens is 2. The lowest BCUT2D eigenvalue weighted by Crippen LogP contribution is -2.39. The van der Waals surface area contributed by atoms with Gasteiger partial charge in [0.15, 0.2) is 11.6 Å². The van der Waals surface area contributed by atoms with Crippen LogP contribution in [0.2, 0.25) is 0 Å². The van der Waals surface area contributed by atoms with Crippen molar-refractivity contribution in [3.05, 3.63) is 29.8 Å². The number of anilines is 1. The third-order valence-corrected chi connectivity index (χ3v) is 2.64. The van der Waals surface area contributed by atoms with E-state index in [0.717, 1.165) is 25.0 Å². The molecule has 2 N–H and O–H groups in total. The minimum atomic E-state index is -0.967. The van der Waals surface area contributed by atoms with E-state index in [1.807, 2.05) is 0 Å². The summed E-state index contributed by atoms with van der Waals surface area (Å²) in [6, 6.07) is 3.37. The van der Waals surface area contributed by atoms with Crippen molar-refractivity contribution in [3.63, 3.8) is 0 Å². The Bertz CT molecular complexity index is 433. The Hall–Kier alpha value is -1.49. The molecule has 1 unspecified atom stereocenters. The lowest BCUT2D eigenvalue weighted by Gasteiger charge is -2.13. The van der Waals surface area contributed by atoms with Gasteiger partial charge < -0.3 is 10.6 Å². The molecule has 0 spiro atoms. The van der Waals surface area contributed by atoms with Gasteiger partial charge in [0.2, 0.25) is 5.91 Å². The fourth-order valence-electron chi connectivity index (χ4n) is 1.50. The van der Waals surface area contributed by atoms with E-state index < -0.39 is 11.6 Å². The maximum atomic E-state index is 12.9. The summed E-state index contributed by atoms with van der Waals surface area (Å²) in [7, 11) is 0. The van der Waals surface area contributed by atoms with E-state index >= 15 is 0 Å². The number of nitrogens with one attached hydrogen (secondary N) is 2. The van der Waals surface area contributed by atoms with Crippen molar-refractivity contribution in [3.8, 4) is 0 Å². The standard InChI is InChI=1S/C12H14F2N2O/c1-7(15-8-2-3-8)12(17)16-9-4-5-10(13)11(14)6-9/h4-8,15H,2-3H2,1H3,(H,16,17). The van der Waals surface area contributed by atoms with Gasteiger partial charge in [-0.3, -0.25) is 4.79 Å². The second kappa shape index (κ2) is 4.79. The SMILES string of the molecule is CC(NC1CC1)C(=O)Nc1ccc(F)c(F)c1. The van der Waals surface area contributed by atoms with Crippen molar-refractivity contribution in [2.24, 2.45) is 0 Å². The first kappa shape index (κ1) is 12.0. The van der Waals surface area contributed by atoms with Gasteiger partial charge in [-0.1, -0.05) is 0 Å². The highest BCUT2D eigenvalue weighted by Crippen LogP contribution is 2.19. The molecule has 0 bridgehead atoms. The highest BCUT2D eigenvalue weighted by Gasteiger charge is 2.25. The maximum Gasteiger partial charge on any atom is 0.241 e. The molecule has 2 rings (SSSR count). The molecule has 1 aliphatic carbocycles. The zero-order chi connectivity index (χ0) is 12.4. The van der Waals surface area contributed by atoms with Gasteiger partial charge >= 0.3 is 0 Å². The number of carbonyl (C=O) groups is 1. The number of hydrogen-bond donors (Lipinski definition) is 2. The molecule has 17 heavy (non-hydrogen) atoms. The van der Waals surface area contributed by atoms with Crippen LogP contribution in [0.15, 0.2) is 18.2 Å². The predicted octanol–water partition coefficient (Wildman–Crippen LogP) is 2.04. The average molecular weight is 240 g/mol. The van der Waals surface area contributed by atoms with Crippen molar-refractivity contribution in [1.29, 1.82) is 0 Å². The molecule has 0 radical (unpaired) electrons. The molecule has 1 aromatic rings. The zero-order valence-electron chi connectivity index (χ0n) is 9.47. The van der Waals surface area contributed by atoms with Gasteiger partial charge in [-0.25, -0.2) is 8.78 Å². The fourth-order valence-corrected chi connectivity index (χ4v) is 1.50. The summed E-state index contributed by atoms with van der Waals surface area (Å²) in [6.07, 6.45) is 2.17. The van der Waals surface area contributed by atoms with E-state index in [9.17, 15) is 13.6 Å². The Labute approximate surface area is 98.2 Å². The second-order valence-corrected chi connectivity index (χ2v) is 4.28. The molecule has 1 atom stereocenters. The van der Waals surface area contributed by atoms with E-state index in [1.165, 1.54) is 6.07 Å². The van der Waals surface area contributed by atoms with Crippen molar-refractivity contribution < 1.29 is 13.6 Å². The Morgan fingerprint density at radius 3 is 2.65 bits per heavy atom. The molecule has 1 fully saturated rings. The normalized spacial score (nSPS) is 16.6. The van der Waals surface area contributed by atoms with E-state index in [4.69, 9.17) is 0 Å². The van der Waals surface area contributed by atoms with Gasteiger partial charge in [0.05, 0.1) is 6.04 Å². The summed E-state index contributed by atoms with van der Waals surface area (Å²) in [5.74, 6) is -2.14. The van der Waals surface area contributed by atoms with Gasteiger partial charge in [0.25, 0.3) is 0 Å². The van der Waals surface area contributed by atoms with Crippen LogP contribution in [0.5, 0.6) is 0 Å². The summed E-state index contributed by atoms with van der Waals surface area (Å²) in [4.78, 5) is 11.7. The van der Waals surface area contributed by atoms with Crippen LogP contribution < -0.4 is 10.6 Å². The van der Waals surface area contributed by atoms with Crippen LogP contribution in [-0.2, 0) is 4.79 Å². The first-order valence-electron chi connectivity index (χ1n) is 5.58. The molecule has 0 saturated heterocycles. The van der Waals surface area contributed by atoms with Crippen LogP contribution in [0.25, 0.3) is 0 Å². The summed E-state index contributed by atoms with van der Waals surface area (Å²) in [5, 5.41) is 5.65. The van der Waals surface area contributed by atoms with E-state index in [1.54, 1.807) is 6.92 Å². The van der Waals surface area contributed by atoms with E-state index in [2.05, 4.69) is 10.6 Å². The second-order valence-electron chi connectivity index (χ2n) is 4.28. The Morgan fingerprint density at radius 2 is 2.06 bits per heavy atom. The molecule has 1 aromatic carbocycles. The number of rotatable bonds is 4. The fraction of sp³-hybridized carbons (Fsp3) is 0.417. The topological polar surface area (TPSA) is 41.1 Å². The average Bonchev–Trinajstić information content (AvgIpc) is 3.07. The molecule has 92 valence electrons. The van der Waals surface area contributed by atoms with Gasteiger partial charge in [-0.2, -0.15) is 0 Å². The molecular weight excluding hydrogens is 226 g/mol. The number of benzene rings is 1. The Morgan fingerprint density at radius 1 is 1.35 bits per heavy atom. The van der Waals surface area contributed by atoms with Crippen molar-refractivity contribution >= 4 is 11.6 Å². The molecule has 3 nitrogen and oxygen atoms in total. The van der Waals surface area contributed by atoms with Gasteiger partial charge in [-0.05, 0) is 31.9 Å². The lowest BCUT2D eigenvalue weighted by molar-refractivity contribution is -0.117. The molecule has 0 aliphatic heterocycles. The van der Waals surface area contributed by atoms with Crippen molar-refractivity contribution in [2.75, 3.05) is 5.32 Å². The van der Waals surface area contributed by atoms with Gasteiger partial charge in [0, 0.05) is 17.8 Å². The monoisotopic (exact) mass is 240 g/mol. The van der Waals surface area contributed by atoms with Crippen LogP contribution in [0, 0.1) is 11.6 Å². The molecule has 1 amide bonds. The summed E-state index contributed by atoms with van der Waals surface area (Å²) in [5.41, 5.74) is 0.262. The lowest BCUT2D eigenvalue weighted by atomic mass is 10.2. The molecule has 1 aliphatic rings. The first-order valence-corrected chi connectivity index (χ1v) is 5.58. The van der Waals surface area contributed by atoms with Crippen LogP contribution in [0.3, 0.4) is 0 Å². The molecule has 1 saturated carbocycles. The Kier molecular flexibility index (Phi) is 3.38. The van der Waals surface area contributed by atoms with E-state index in [0.29, 0.717) is 6.04 Å². The number of carbonyl (C=O) groups excluding carboxylic acids is 1. The quantitative estimate of drug-likeness (QED) is 0.845. The van der Waals surface area contributed by atoms with Crippen LogP contribution in [0.4, 0.5) is 14.5 Å². The summed E-state index contributed by atoms with van der Waals surface area (Å²) >= 11 is 0. The van der Waals surface area contributed by atoms with Crippen molar-refractivity contribution in [2.45, 2.75) is 31.8 Å². The maximum absolute atomic E-state index is 12.9. The first-order chi connectivity index (χ1) is 8.06. The number of amides is 1. The van der Waals surface area contributed by atoms with Crippen LogP contribution in [0.1, 0.15) is 19.8 Å². The largest absolute Gasteiger partial charge is 0.325 e. The summed E-state index contributed by atoms with van der Waals surface area (Å²) < 4.78 is 25.6. The minimum absolute atomic E-state index is 0.247. The minimum Gasteiger partial charge on any atom is -0.325 e. The molecule has 0 aromatic heterocycles. The third-order valence-electron chi connectivity index (χ3n) is 2.64. The highest BCUT2D eigenvalue weighted by atomic mass is 19.2. The molecule has 0 heterocycles. The molecule has 5 heteroatoms.